The largest absolute Gasteiger partial charge is 0.356 e. The first kappa shape index (κ1) is 20.7. The Kier molecular flexibility index (Phi) is 7.39. The molecule has 0 spiro atoms. The molecule has 0 bridgehead atoms. The van der Waals surface area contributed by atoms with Gasteiger partial charge in [-0.15, -0.1) is 11.3 Å². The van der Waals surface area contributed by atoms with Crippen LogP contribution < -0.4 is 10.6 Å². The van der Waals surface area contributed by atoms with Gasteiger partial charge in [0.05, 0.1) is 0 Å². The van der Waals surface area contributed by atoms with Crippen molar-refractivity contribution in [3.05, 3.63) is 57.8 Å². The van der Waals surface area contributed by atoms with Crippen molar-refractivity contribution in [2.75, 3.05) is 33.7 Å². The summed E-state index contributed by atoms with van der Waals surface area (Å²) in [5, 5.41) is 8.69. The van der Waals surface area contributed by atoms with Gasteiger partial charge in [0.15, 0.2) is 5.96 Å². The first-order valence-electron chi connectivity index (χ1n) is 9.71. The van der Waals surface area contributed by atoms with Crippen LogP contribution in [-0.2, 0) is 6.42 Å². The molecule has 1 fully saturated rings. The minimum absolute atomic E-state index is 0.108. The zero-order valence-electron chi connectivity index (χ0n) is 16.4. The predicted molar refractivity (Wildman–Crippen MR) is 112 cm³/mol. The standard InChI is InChI=1S/C21H28F2N4S/c1-24-21(25-11-10-16-17(22)7-3-8-18(16)23)26-14-15-6-4-12-27(2)20(15)19-9-5-13-28-19/h3,5,7-9,13,15,20H,4,6,10-12,14H2,1-2H3,(H2,24,25,26). The summed E-state index contributed by atoms with van der Waals surface area (Å²) < 4.78 is 27.5. The fourth-order valence-electron chi connectivity index (χ4n) is 3.91. The number of guanidine groups is 1. The van der Waals surface area contributed by atoms with Crippen LogP contribution in [-0.4, -0.2) is 44.6 Å². The van der Waals surface area contributed by atoms with Crippen molar-refractivity contribution in [1.29, 1.82) is 0 Å². The zero-order chi connectivity index (χ0) is 19.9. The number of halogens is 2. The molecule has 3 rings (SSSR count). The summed E-state index contributed by atoms with van der Waals surface area (Å²) in [5.41, 5.74) is 0.108. The topological polar surface area (TPSA) is 39.7 Å². The van der Waals surface area contributed by atoms with E-state index < -0.39 is 11.6 Å². The maximum atomic E-state index is 13.7. The highest BCUT2D eigenvalue weighted by Crippen LogP contribution is 2.36. The molecule has 28 heavy (non-hydrogen) atoms. The molecule has 2 atom stereocenters. The van der Waals surface area contributed by atoms with Crippen LogP contribution in [0.5, 0.6) is 0 Å². The van der Waals surface area contributed by atoms with E-state index in [9.17, 15) is 8.78 Å². The summed E-state index contributed by atoms with van der Waals surface area (Å²) in [5.74, 6) is 0.137. The molecular formula is C21H28F2N4S. The summed E-state index contributed by atoms with van der Waals surface area (Å²) in [6, 6.07) is 8.68. The first-order valence-corrected chi connectivity index (χ1v) is 10.6. The SMILES string of the molecule is CN=C(NCCc1c(F)cccc1F)NCC1CCCN(C)C1c1cccs1. The molecular weight excluding hydrogens is 378 g/mol. The van der Waals surface area contributed by atoms with E-state index in [-0.39, 0.29) is 12.0 Å². The van der Waals surface area contributed by atoms with E-state index >= 15 is 0 Å². The predicted octanol–water partition coefficient (Wildman–Crippen LogP) is 3.82. The fraction of sp³-hybridized carbons (Fsp3) is 0.476. The minimum atomic E-state index is -0.506. The highest BCUT2D eigenvalue weighted by Gasteiger charge is 2.31. The summed E-state index contributed by atoms with van der Waals surface area (Å²) in [7, 11) is 3.90. The maximum Gasteiger partial charge on any atom is 0.190 e. The third-order valence-electron chi connectivity index (χ3n) is 5.33. The van der Waals surface area contributed by atoms with Crippen LogP contribution in [0.3, 0.4) is 0 Å². The molecule has 1 aliphatic heterocycles. The van der Waals surface area contributed by atoms with Crippen molar-refractivity contribution in [2.24, 2.45) is 10.9 Å². The lowest BCUT2D eigenvalue weighted by molar-refractivity contribution is 0.125. The van der Waals surface area contributed by atoms with Crippen molar-refractivity contribution >= 4 is 17.3 Å². The molecule has 2 heterocycles. The van der Waals surface area contributed by atoms with Crippen molar-refractivity contribution in [2.45, 2.75) is 25.3 Å². The lowest BCUT2D eigenvalue weighted by Crippen LogP contribution is -2.45. The molecule has 2 N–H and O–H groups in total. The quantitative estimate of drug-likeness (QED) is 0.566. The van der Waals surface area contributed by atoms with E-state index in [1.807, 2.05) is 0 Å². The van der Waals surface area contributed by atoms with Gasteiger partial charge in [0.25, 0.3) is 0 Å². The molecule has 1 saturated heterocycles. The van der Waals surface area contributed by atoms with Crippen molar-refractivity contribution in [1.82, 2.24) is 15.5 Å². The molecule has 1 aromatic carbocycles. The Morgan fingerprint density at radius 1 is 1.21 bits per heavy atom. The van der Waals surface area contributed by atoms with Gasteiger partial charge in [-0.1, -0.05) is 12.1 Å². The van der Waals surface area contributed by atoms with Gasteiger partial charge in [0.1, 0.15) is 11.6 Å². The average Bonchev–Trinajstić information content (AvgIpc) is 3.20. The molecule has 0 radical (unpaired) electrons. The fourth-order valence-corrected chi connectivity index (χ4v) is 4.89. The van der Waals surface area contributed by atoms with Crippen LogP contribution in [0.1, 0.15) is 29.3 Å². The number of rotatable bonds is 6. The van der Waals surface area contributed by atoms with Gasteiger partial charge in [-0.3, -0.25) is 9.89 Å². The number of likely N-dealkylation sites (tertiary alicyclic amines) is 1. The number of benzene rings is 1. The molecule has 4 nitrogen and oxygen atoms in total. The van der Waals surface area contributed by atoms with Crippen LogP contribution in [0.2, 0.25) is 0 Å². The highest BCUT2D eigenvalue weighted by atomic mass is 32.1. The van der Waals surface area contributed by atoms with Crippen LogP contribution in [0.4, 0.5) is 8.78 Å². The lowest BCUT2D eigenvalue weighted by atomic mass is 9.88. The molecule has 0 aliphatic carbocycles. The van der Waals surface area contributed by atoms with Crippen molar-refractivity contribution < 1.29 is 8.78 Å². The van der Waals surface area contributed by atoms with Crippen molar-refractivity contribution in [3.8, 4) is 0 Å². The Morgan fingerprint density at radius 3 is 2.68 bits per heavy atom. The van der Waals surface area contributed by atoms with Gasteiger partial charge in [-0.05, 0) is 62.4 Å². The van der Waals surface area contributed by atoms with Crippen molar-refractivity contribution in [3.63, 3.8) is 0 Å². The zero-order valence-corrected chi connectivity index (χ0v) is 17.2. The average molecular weight is 407 g/mol. The van der Waals surface area contributed by atoms with E-state index in [1.165, 1.54) is 29.5 Å². The molecule has 7 heteroatoms. The van der Waals surface area contributed by atoms with Gasteiger partial charge in [0.2, 0.25) is 0 Å². The van der Waals surface area contributed by atoms with E-state index in [0.29, 0.717) is 24.5 Å². The van der Waals surface area contributed by atoms with Crippen LogP contribution in [0.15, 0.2) is 40.7 Å². The van der Waals surface area contributed by atoms with Crippen LogP contribution >= 0.6 is 11.3 Å². The van der Waals surface area contributed by atoms with Crippen LogP contribution in [0.25, 0.3) is 0 Å². The second kappa shape index (κ2) is 9.98. The Morgan fingerprint density at radius 2 is 2.00 bits per heavy atom. The maximum absolute atomic E-state index is 13.7. The van der Waals surface area contributed by atoms with E-state index in [2.05, 4.69) is 45.1 Å². The smallest absolute Gasteiger partial charge is 0.190 e. The Bertz CT molecular complexity index is 758. The van der Waals surface area contributed by atoms with E-state index in [1.54, 1.807) is 18.4 Å². The Balaban J connectivity index is 1.53. The van der Waals surface area contributed by atoms with Gasteiger partial charge in [0, 0.05) is 36.6 Å². The normalized spacial score (nSPS) is 20.9. The third kappa shape index (κ3) is 5.08. The highest BCUT2D eigenvalue weighted by molar-refractivity contribution is 7.10. The number of piperidine rings is 1. The number of nitrogens with zero attached hydrogens (tertiary/aromatic N) is 2. The van der Waals surface area contributed by atoms with E-state index in [0.717, 1.165) is 19.5 Å². The Hall–Kier alpha value is -1.99. The van der Waals surface area contributed by atoms with Gasteiger partial charge >= 0.3 is 0 Å². The molecule has 0 saturated carbocycles. The molecule has 1 aliphatic rings. The number of nitrogens with one attached hydrogen (secondary N) is 2. The minimum Gasteiger partial charge on any atom is -0.356 e. The first-order chi connectivity index (χ1) is 13.6. The second-order valence-electron chi connectivity index (χ2n) is 7.17. The second-order valence-corrected chi connectivity index (χ2v) is 8.15. The summed E-state index contributed by atoms with van der Waals surface area (Å²) in [6.45, 7) is 2.33. The molecule has 2 aromatic rings. The summed E-state index contributed by atoms with van der Waals surface area (Å²) in [4.78, 5) is 8.08. The molecule has 1 aromatic heterocycles. The van der Waals surface area contributed by atoms with Gasteiger partial charge < -0.3 is 10.6 Å². The monoisotopic (exact) mass is 406 g/mol. The number of hydrogen-bond donors (Lipinski definition) is 2. The van der Waals surface area contributed by atoms with Gasteiger partial charge in [-0.2, -0.15) is 0 Å². The number of aliphatic imine (C=N–C) groups is 1. The third-order valence-corrected chi connectivity index (χ3v) is 6.27. The van der Waals surface area contributed by atoms with Crippen LogP contribution in [0, 0.1) is 17.6 Å². The molecule has 2 unspecified atom stereocenters. The number of hydrogen-bond acceptors (Lipinski definition) is 3. The summed E-state index contributed by atoms with van der Waals surface area (Å²) in [6.07, 6.45) is 2.61. The van der Waals surface area contributed by atoms with E-state index in [4.69, 9.17) is 0 Å². The van der Waals surface area contributed by atoms with Gasteiger partial charge in [-0.25, -0.2) is 8.78 Å². The summed E-state index contributed by atoms with van der Waals surface area (Å²) >= 11 is 1.80. The molecule has 0 amide bonds. The number of thiophene rings is 1. The molecule has 152 valence electrons. The Labute approximate surface area is 169 Å². The lowest BCUT2D eigenvalue weighted by Gasteiger charge is -2.39.